The molecule has 1 aromatic carbocycles. The topological polar surface area (TPSA) is 78.7 Å². The highest BCUT2D eigenvalue weighted by Crippen LogP contribution is 2.29. The second kappa shape index (κ2) is 9.99. The number of hydrogen-bond donors (Lipinski definition) is 1. The molecule has 1 N–H and O–H groups in total. The predicted molar refractivity (Wildman–Crippen MR) is 118 cm³/mol. The highest BCUT2D eigenvalue weighted by Gasteiger charge is 2.39. The van der Waals surface area contributed by atoms with E-state index in [4.69, 9.17) is 4.52 Å². The molecule has 1 saturated heterocycles. The number of benzene rings is 1. The van der Waals surface area contributed by atoms with E-state index in [1.165, 1.54) is 25.0 Å². The van der Waals surface area contributed by atoms with Crippen LogP contribution in [0.15, 0.2) is 28.8 Å². The zero-order valence-electron chi connectivity index (χ0n) is 19.0. The minimum atomic E-state index is -0.800. The second-order valence-corrected chi connectivity index (χ2v) is 8.96. The van der Waals surface area contributed by atoms with Crippen LogP contribution < -0.4 is 5.32 Å². The van der Waals surface area contributed by atoms with Crippen molar-refractivity contribution in [2.24, 2.45) is 5.92 Å². The Morgan fingerprint density at radius 1 is 1.21 bits per heavy atom. The van der Waals surface area contributed by atoms with E-state index < -0.39 is 17.5 Å². The lowest BCUT2D eigenvalue weighted by Crippen LogP contribution is -2.57. The van der Waals surface area contributed by atoms with Crippen LogP contribution in [0.1, 0.15) is 49.5 Å². The van der Waals surface area contributed by atoms with Gasteiger partial charge in [0.15, 0.2) is 11.5 Å². The molecule has 178 valence electrons. The van der Waals surface area contributed by atoms with Crippen LogP contribution in [0.5, 0.6) is 0 Å². The van der Waals surface area contributed by atoms with Crippen LogP contribution in [-0.4, -0.2) is 65.5 Å². The third kappa shape index (κ3) is 5.08. The van der Waals surface area contributed by atoms with Crippen molar-refractivity contribution < 1.29 is 22.9 Å². The van der Waals surface area contributed by atoms with Gasteiger partial charge in [0.2, 0.25) is 5.91 Å². The Hall–Kier alpha value is -2.81. The molecule has 1 aromatic heterocycles. The fourth-order valence-corrected chi connectivity index (χ4v) is 4.88. The summed E-state index contributed by atoms with van der Waals surface area (Å²) in [6, 6.07) is 4.59. The Labute approximate surface area is 192 Å². The lowest BCUT2D eigenvalue weighted by molar-refractivity contribution is -0.137. The number of aromatic nitrogens is 1. The van der Waals surface area contributed by atoms with Gasteiger partial charge in [0, 0.05) is 50.9 Å². The molecule has 7 nitrogen and oxygen atoms in total. The van der Waals surface area contributed by atoms with E-state index in [0.29, 0.717) is 25.6 Å². The molecule has 2 aliphatic rings. The van der Waals surface area contributed by atoms with Crippen LogP contribution in [0.25, 0.3) is 11.3 Å². The first-order valence-corrected chi connectivity index (χ1v) is 11.6. The monoisotopic (exact) mass is 460 g/mol. The number of likely N-dealkylation sites (tertiary alicyclic amines) is 1. The summed E-state index contributed by atoms with van der Waals surface area (Å²) in [5.41, 5.74) is 0.00689. The summed E-state index contributed by atoms with van der Waals surface area (Å²) in [5.74, 6) is -2.29. The molecule has 0 bridgehead atoms. The Kier molecular flexibility index (Phi) is 7.07. The van der Waals surface area contributed by atoms with Gasteiger partial charge in [-0.2, -0.15) is 0 Å². The molecule has 0 radical (unpaired) electrons. The van der Waals surface area contributed by atoms with Gasteiger partial charge < -0.3 is 14.7 Å². The molecule has 2 aromatic rings. The second-order valence-electron chi connectivity index (χ2n) is 8.96. The Bertz CT molecular complexity index is 1010. The molecule has 1 aliphatic carbocycles. The molecule has 2 heterocycles. The molecule has 0 unspecified atom stereocenters. The first kappa shape index (κ1) is 23.4. The van der Waals surface area contributed by atoms with Crippen molar-refractivity contribution in [3.05, 3.63) is 41.6 Å². The average Bonchev–Trinajstić information content (AvgIpc) is 3.51. The van der Waals surface area contributed by atoms with Gasteiger partial charge in [0.05, 0.1) is 11.5 Å². The zero-order chi connectivity index (χ0) is 23.5. The first-order chi connectivity index (χ1) is 15.9. The summed E-state index contributed by atoms with van der Waals surface area (Å²) in [6.45, 7) is 3.95. The van der Waals surface area contributed by atoms with Crippen molar-refractivity contribution in [2.45, 2.75) is 51.1 Å². The number of carbonyl (C=O) groups is 2. The van der Waals surface area contributed by atoms with Crippen LogP contribution in [0.3, 0.4) is 0 Å². The summed E-state index contributed by atoms with van der Waals surface area (Å²) in [5, 5.41) is 6.72. The van der Waals surface area contributed by atoms with Crippen molar-refractivity contribution in [1.82, 2.24) is 20.3 Å². The number of carbonyl (C=O) groups excluding carboxylic acids is 2. The number of nitrogens with one attached hydrogen (secondary N) is 1. The SMILES string of the molecule is CCN(C)C(=O)[C@@H]1CN(C2CCCC2)CC[C@H]1NC(=O)c1cc(-c2ccc(F)cc2F)on1. The molecule has 9 heteroatoms. The zero-order valence-corrected chi connectivity index (χ0v) is 19.0. The fourth-order valence-electron chi connectivity index (χ4n) is 4.88. The van der Waals surface area contributed by atoms with Gasteiger partial charge in [-0.05, 0) is 38.3 Å². The van der Waals surface area contributed by atoms with Gasteiger partial charge in [-0.1, -0.05) is 18.0 Å². The first-order valence-electron chi connectivity index (χ1n) is 11.6. The Morgan fingerprint density at radius 2 is 1.97 bits per heavy atom. The third-order valence-electron chi connectivity index (χ3n) is 6.91. The van der Waals surface area contributed by atoms with Crippen LogP contribution in [0.2, 0.25) is 0 Å². The molecule has 0 spiro atoms. The summed E-state index contributed by atoms with van der Waals surface area (Å²) in [4.78, 5) is 30.1. The number of piperidine rings is 1. The van der Waals surface area contributed by atoms with Crippen molar-refractivity contribution in [2.75, 3.05) is 26.7 Å². The number of nitrogens with zero attached hydrogens (tertiary/aromatic N) is 3. The summed E-state index contributed by atoms with van der Waals surface area (Å²) in [6.07, 6.45) is 5.41. The highest BCUT2D eigenvalue weighted by atomic mass is 19.1. The summed E-state index contributed by atoms with van der Waals surface area (Å²) >= 11 is 0. The van der Waals surface area contributed by atoms with E-state index in [-0.39, 0.29) is 34.9 Å². The number of halogens is 2. The normalized spacial score (nSPS) is 21.8. The van der Waals surface area contributed by atoms with E-state index in [9.17, 15) is 18.4 Å². The van der Waals surface area contributed by atoms with Crippen LogP contribution in [0, 0.1) is 17.6 Å². The number of rotatable bonds is 6. The third-order valence-corrected chi connectivity index (χ3v) is 6.91. The standard InChI is InChI=1S/C24H30F2N4O3/c1-3-29(2)24(32)18-14-30(16-6-4-5-7-16)11-10-20(18)27-23(31)21-13-22(33-28-21)17-9-8-15(25)12-19(17)26/h8-9,12-13,16,18,20H,3-7,10-11,14H2,1-2H3,(H,27,31)/t18-,20-/m1/s1. The molecular formula is C24H30F2N4O3. The highest BCUT2D eigenvalue weighted by molar-refractivity contribution is 5.94. The Balaban J connectivity index is 1.48. The van der Waals surface area contributed by atoms with Crippen molar-refractivity contribution in [1.29, 1.82) is 0 Å². The lowest BCUT2D eigenvalue weighted by Gasteiger charge is -2.41. The molecule has 4 rings (SSSR count). The van der Waals surface area contributed by atoms with Crippen molar-refractivity contribution in [3.63, 3.8) is 0 Å². The van der Waals surface area contributed by atoms with E-state index in [1.807, 2.05) is 6.92 Å². The van der Waals surface area contributed by atoms with Gasteiger partial charge in [0.1, 0.15) is 11.6 Å². The molecule has 2 fully saturated rings. The van der Waals surface area contributed by atoms with Crippen LogP contribution >= 0.6 is 0 Å². The molecule has 2 amide bonds. The Morgan fingerprint density at radius 3 is 2.67 bits per heavy atom. The minimum absolute atomic E-state index is 0.0120. The van der Waals surface area contributed by atoms with Gasteiger partial charge in [-0.25, -0.2) is 8.78 Å². The molecular weight excluding hydrogens is 430 g/mol. The maximum Gasteiger partial charge on any atom is 0.273 e. The number of hydrogen-bond acceptors (Lipinski definition) is 5. The fraction of sp³-hybridized carbons (Fsp3) is 0.542. The maximum atomic E-state index is 14.1. The van der Waals surface area contributed by atoms with E-state index in [1.54, 1.807) is 11.9 Å². The summed E-state index contributed by atoms with van der Waals surface area (Å²) in [7, 11) is 1.77. The van der Waals surface area contributed by atoms with Crippen LogP contribution in [0.4, 0.5) is 8.78 Å². The lowest BCUT2D eigenvalue weighted by atomic mass is 9.89. The van der Waals surface area contributed by atoms with Gasteiger partial charge >= 0.3 is 0 Å². The van der Waals surface area contributed by atoms with E-state index in [2.05, 4.69) is 15.4 Å². The van der Waals surface area contributed by atoms with E-state index >= 15 is 0 Å². The average molecular weight is 461 g/mol. The minimum Gasteiger partial charge on any atom is -0.355 e. The quantitative estimate of drug-likeness (QED) is 0.714. The molecule has 33 heavy (non-hydrogen) atoms. The van der Waals surface area contributed by atoms with Gasteiger partial charge in [0.25, 0.3) is 5.91 Å². The van der Waals surface area contributed by atoms with Crippen molar-refractivity contribution in [3.8, 4) is 11.3 Å². The van der Waals surface area contributed by atoms with Gasteiger partial charge in [-0.15, -0.1) is 0 Å². The van der Waals surface area contributed by atoms with E-state index in [0.717, 1.165) is 31.5 Å². The molecule has 2 atom stereocenters. The predicted octanol–water partition coefficient (Wildman–Crippen LogP) is 3.46. The largest absolute Gasteiger partial charge is 0.355 e. The maximum absolute atomic E-state index is 14.1. The van der Waals surface area contributed by atoms with Crippen molar-refractivity contribution >= 4 is 11.8 Å². The van der Waals surface area contributed by atoms with Gasteiger partial charge in [-0.3, -0.25) is 14.5 Å². The summed E-state index contributed by atoms with van der Waals surface area (Å²) < 4.78 is 32.4. The smallest absolute Gasteiger partial charge is 0.273 e. The van der Waals surface area contributed by atoms with Crippen LogP contribution in [-0.2, 0) is 4.79 Å². The molecule has 1 aliphatic heterocycles. The number of amides is 2. The molecule has 1 saturated carbocycles.